The predicted octanol–water partition coefficient (Wildman–Crippen LogP) is 4.33. The highest BCUT2D eigenvalue weighted by Crippen LogP contribution is 2.38. The summed E-state index contributed by atoms with van der Waals surface area (Å²) in [5.74, 6) is 1.24. The number of benzene rings is 2. The lowest BCUT2D eigenvalue weighted by Gasteiger charge is -2.13. The molecule has 2 aromatic rings. The van der Waals surface area contributed by atoms with E-state index in [0.29, 0.717) is 10.8 Å². The number of ether oxygens (including phenoxy) is 2. The van der Waals surface area contributed by atoms with Crippen LogP contribution in [-0.4, -0.2) is 20.5 Å². The van der Waals surface area contributed by atoms with Gasteiger partial charge in [-0.05, 0) is 23.8 Å². The van der Waals surface area contributed by atoms with Gasteiger partial charge in [0.2, 0.25) is 0 Å². The quantitative estimate of drug-likeness (QED) is 0.771. The minimum absolute atomic E-state index is 0.172. The lowest BCUT2D eigenvalue weighted by Crippen LogP contribution is -1.95. The smallest absolute Gasteiger partial charge is 0.130 e. The van der Waals surface area contributed by atoms with Crippen molar-refractivity contribution in [2.75, 3.05) is 14.2 Å². The van der Waals surface area contributed by atoms with Gasteiger partial charge in [0.25, 0.3) is 0 Å². The monoisotopic (exact) mass is 304 g/mol. The summed E-state index contributed by atoms with van der Waals surface area (Å²) in [7, 11) is 3.21. The molecule has 4 heteroatoms. The molecule has 0 N–H and O–H groups in total. The molecular weight excluding hydrogens is 288 g/mol. The molecule has 0 heterocycles. The summed E-state index contributed by atoms with van der Waals surface area (Å²) in [5.41, 5.74) is 2.64. The minimum Gasteiger partial charge on any atom is -0.497 e. The van der Waals surface area contributed by atoms with Crippen molar-refractivity contribution in [2.24, 2.45) is 0 Å². The molecule has 0 amide bonds. The zero-order valence-electron chi connectivity index (χ0n) is 12.2. The molecule has 0 saturated carbocycles. The number of hydrogen-bond acceptors (Lipinski definition) is 3. The lowest BCUT2D eigenvalue weighted by molar-refractivity contribution is -0.108. The number of rotatable bonds is 5. The van der Waals surface area contributed by atoms with Crippen LogP contribution in [-0.2, 0) is 4.79 Å². The highest BCUT2D eigenvalue weighted by atomic mass is 35.5. The first-order chi connectivity index (χ1) is 10.1. The molecule has 0 aromatic heterocycles. The average Bonchev–Trinajstić information content (AvgIpc) is 2.53. The van der Waals surface area contributed by atoms with Crippen molar-refractivity contribution in [3.63, 3.8) is 0 Å². The maximum atomic E-state index is 10.9. The van der Waals surface area contributed by atoms with Crippen LogP contribution in [0.4, 0.5) is 0 Å². The Kier molecular flexibility index (Phi) is 4.86. The molecule has 0 aliphatic carbocycles. The molecule has 1 atom stereocenters. The number of hydrogen-bond donors (Lipinski definition) is 0. The van der Waals surface area contributed by atoms with Gasteiger partial charge in [-0.15, -0.1) is 0 Å². The van der Waals surface area contributed by atoms with Crippen molar-refractivity contribution in [1.82, 2.24) is 0 Å². The van der Waals surface area contributed by atoms with Gasteiger partial charge >= 0.3 is 0 Å². The van der Waals surface area contributed by atoms with E-state index in [1.54, 1.807) is 14.2 Å². The normalized spacial score (nSPS) is 11.8. The molecule has 0 bridgehead atoms. The molecule has 0 aliphatic rings. The first-order valence-electron chi connectivity index (χ1n) is 6.57. The Bertz CT molecular complexity index is 652. The van der Waals surface area contributed by atoms with Crippen LogP contribution in [0.25, 0.3) is 11.1 Å². The maximum absolute atomic E-state index is 10.9. The Hall–Kier alpha value is -2.00. The van der Waals surface area contributed by atoms with Crippen LogP contribution in [0.5, 0.6) is 11.5 Å². The Morgan fingerprint density at radius 3 is 2.33 bits per heavy atom. The highest BCUT2D eigenvalue weighted by Gasteiger charge is 2.13. The first kappa shape index (κ1) is 15.4. The van der Waals surface area contributed by atoms with Gasteiger partial charge in [0, 0.05) is 28.1 Å². The molecule has 0 spiro atoms. The third kappa shape index (κ3) is 3.19. The SMILES string of the molecule is COc1ccc(-c2ccc(C(C)C=O)cc2Cl)c(OC)c1. The summed E-state index contributed by atoms with van der Waals surface area (Å²) in [6, 6.07) is 11.2. The van der Waals surface area contributed by atoms with E-state index in [1.807, 2.05) is 43.3 Å². The van der Waals surface area contributed by atoms with Crippen LogP contribution >= 0.6 is 11.6 Å². The topological polar surface area (TPSA) is 35.5 Å². The zero-order chi connectivity index (χ0) is 15.4. The third-order valence-corrected chi connectivity index (χ3v) is 3.73. The van der Waals surface area contributed by atoms with Gasteiger partial charge in [-0.1, -0.05) is 30.7 Å². The standard InChI is InChI=1S/C17H17ClO3/c1-11(10-19)12-4-6-14(16(18)8-12)15-7-5-13(20-2)9-17(15)21-3/h4-11H,1-3H3. The fourth-order valence-electron chi connectivity index (χ4n) is 2.13. The number of methoxy groups -OCH3 is 2. The second-order valence-corrected chi connectivity index (χ2v) is 5.14. The van der Waals surface area contributed by atoms with Crippen molar-refractivity contribution in [3.05, 3.63) is 47.0 Å². The lowest BCUT2D eigenvalue weighted by atomic mass is 9.98. The number of carbonyl (C=O) groups is 1. The number of carbonyl (C=O) groups excluding carboxylic acids is 1. The fourth-order valence-corrected chi connectivity index (χ4v) is 2.42. The second kappa shape index (κ2) is 6.64. The average molecular weight is 305 g/mol. The van der Waals surface area contributed by atoms with Gasteiger partial charge in [-0.2, -0.15) is 0 Å². The van der Waals surface area contributed by atoms with Gasteiger partial charge in [0.1, 0.15) is 17.8 Å². The van der Waals surface area contributed by atoms with E-state index in [2.05, 4.69) is 0 Å². The number of halogens is 1. The van der Waals surface area contributed by atoms with Crippen LogP contribution in [0.1, 0.15) is 18.4 Å². The van der Waals surface area contributed by atoms with E-state index < -0.39 is 0 Å². The maximum Gasteiger partial charge on any atom is 0.130 e. The van der Waals surface area contributed by atoms with E-state index in [-0.39, 0.29) is 5.92 Å². The van der Waals surface area contributed by atoms with Crippen molar-refractivity contribution in [2.45, 2.75) is 12.8 Å². The number of aldehydes is 1. The van der Waals surface area contributed by atoms with E-state index in [4.69, 9.17) is 21.1 Å². The van der Waals surface area contributed by atoms with Gasteiger partial charge in [0.05, 0.1) is 14.2 Å². The first-order valence-corrected chi connectivity index (χ1v) is 6.95. The second-order valence-electron chi connectivity index (χ2n) is 4.73. The van der Waals surface area contributed by atoms with Crippen LogP contribution in [0.3, 0.4) is 0 Å². The summed E-state index contributed by atoms with van der Waals surface area (Å²) in [6.07, 6.45) is 0.902. The minimum atomic E-state index is -0.172. The Labute approximate surface area is 129 Å². The van der Waals surface area contributed by atoms with Crippen LogP contribution in [0.2, 0.25) is 5.02 Å². The van der Waals surface area contributed by atoms with E-state index >= 15 is 0 Å². The Morgan fingerprint density at radius 2 is 1.76 bits per heavy atom. The van der Waals surface area contributed by atoms with Gasteiger partial charge in [0.15, 0.2) is 0 Å². The summed E-state index contributed by atoms with van der Waals surface area (Å²) >= 11 is 6.36. The van der Waals surface area contributed by atoms with E-state index in [9.17, 15) is 4.79 Å². The molecule has 0 fully saturated rings. The Balaban J connectivity index is 2.49. The molecule has 0 saturated heterocycles. The van der Waals surface area contributed by atoms with Crippen molar-refractivity contribution in [3.8, 4) is 22.6 Å². The zero-order valence-corrected chi connectivity index (χ0v) is 13.0. The predicted molar refractivity (Wildman–Crippen MR) is 84.5 cm³/mol. The van der Waals surface area contributed by atoms with Crippen LogP contribution < -0.4 is 9.47 Å². The summed E-state index contributed by atoms with van der Waals surface area (Å²) in [4.78, 5) is 10.9. The van der Waals surface area contributed by atoms with E-state index in [0.717, 1.165) is 28.7 Å². The summed E-state index contributed by atoms with van der Waals surface area (Å²) in [6.45, 7) is 1.84. The summed E-state index contributed by atoms with van der Waals surface area (Å²) < 4.78 is 10.6. The molecule has 1 unspecified atom stereocenters. The van der Waals surface area contributed by atoms with Crippen molar-refractivity contribution >= 4 is 17.9 Å². The fraction of sp³-hybridized carbons (Fsp3) is 0.235. The molecule has 21 heavy (non-hydrogen) atoms. The molecule has 0 aliphatic heterocycles. The van der Waals surface area contributed by atoms with E-state index in [1.165, 1.54) is 0 Å². The molecule has 110 valence electrons. The molecule has 2 aromatic carbocycles. The van der Waals surface area contributed by atoms with Gasteiger partial charge in [-0.3, -0.25) is 0 Å². The molecule has 3 nitrogen and oxygen atoms in total. The van der Waals surface area contributed by atoms with Gasteiger partial charge in [-0.25, -0.2) is 0 Å². The van der Waals surface area contributed by atoms with Crippen LogP contribution in [0, 0.1) is 0 Å². The molecule has 0 radical (unpaired) electrons. The van der Waals surface area contributed by atoms with Crippen molar-refractivity contribution < 1.29 is 14.3 Å². The van der Waals surface area contributed by atoms with Gasteiger partial charge < -0.3 is 14.3 Å². The third-order valence-electron chi connectivity index (χ3n) is 3.42. The molecule has 2 rings (SSSR count). The highest BCUT2D eigenvalue weighted by molar-refractivity contribution is 6.33. The van der Waals surface area contributed by atoms with Crippen LogP contribution in [0.15, 0.2) is 36.4 Å². The van der Waals surface area contributed by atoms with Crippen molar-refractivity contribution in [1.29, 1.82) is 0 Å². The summed E-state index contributed by atoms with van der Waals surface area (Å²) in [5, 5.41) is 0.588. The largest absolute Gasteiger partial charge is 0.497 e. The Morgan fingerprint density at radius 1 is 1.05 bits per heavy atom. The molecular formula is C17H17ClO3.